The minimum Gasteiger partial charge on any atom is -0.477 e. The molecular formula is C19H23N3O5. The molecule has 0 amide bonds. The molecule has 0 spiro atoms. The van der Waals surface area contributed by atoms with Crippen LogP contribution < -0.4 is 4.74 Å². The second-order valence-electron chi connectivity index (χ2n) is 6.77. The van der Waals surface area contributed by atoms with E-state index in [0.29, 0.717) is 11.3 Å². The van der Waals surface area contributed by atoms with Gasteiger partial charge in [0.05, 0.1) is 6.10 Å². The molecule has 1 aliphatic rings. The van der Waals surface area contributed by atoms with E-state index in [-0.39, 0.29) is 30.1 Å². The Morgan fingerprint density at radius 3 is 2.85 bits per heavy atom. The maximum Gasteiger partial charge on any atom is 0.406 e. The first-order chi connectivity index (χ1) is 12.9. The van der Waals surface area contributed by atoms with E-state index in [1.54, 1.807) is 13.0 Å². The smallest absolute Gasteiger partial charge is 0.406 e. The third kappa shape index (κ3) is 4.16. The van der Waals surface area contributed by atoms with Crippen LogP contribution >= 0.6 is 0 Å². The van der Waals surface area contributed by atoms with Crippen LogP contribution in [0.3, 0.4) is 0 Å². The van der Waals surface area contributed by atoms with Crippen molar-refractivity contribution in [2.24, 2.45) is 0 Å². The Hall–Kier alpha value is -2.74. The number of rotatable bonds is 7. The van der Waals surface area contributed by atoms with Gasteiger partial charge >= 0.3 is 5.82 Å². The molecule has 8 nitrogen and oxygen atoms in total. The monoisotopic (exact) mass is 373 g/mol. The summed E-state index contributed by atoms with van der Waals surface area (Å²) in [4.78, 5) is 27.0. The topological polar surface area (TPSA) is 96.5 Å². The molecule has 8 heteroatoms. The van der Waals surface area contributed by atoms with E-state index < -0.39 is 4.92 Å². The molecule has 0 saturated carbocycles. The zero-order chi connectivity index (χ0) is 19.6. The number of carbonyl (C=O) groups excluding carboxylic acids is 1. The molecule has 3 rings (SSSR count). The number of aromatic nitrogens is 2. The Morgan fingerprint density at radius 1 is 1.41 bits per heavy atom. The van der Waals surface area contributed by atoms with Gasteiger partial charge in [0.1, 0.15) is 5.69 Å². The predicted octanol–water partition coefficient (Wildman–Crippen LogP) is 3.16. The van der Waals surface area contributed by atoms with Gasteiger partial charge < -0.3 is 24.2 Å². The molecule has 0 radical (unpaired) electrons. The molecule has 0 aliphatic carbocycles. The Balaban J connectivity index is 1.73. The molecule has 0 N–H and O–H groups in total. The van der Waals surface area contributed by atoms with Crippen molar-refractivity contribution in [3.05, 3.63) is 51.0 Å². The fourth-order valence-corrected chi connectivity index (χ4v) is 3.35. The Bertz CT molecular complexity index is 868. The molecule has 0 bridgehead atoms. The van der Waals surface area contributed by atoms with E-state index >= 15 is 0 Å². The largest absolute Gasteiger partial charge is 0.477 e. The van der Waals surface area contributed by atoms with Gasteiger partial charge in [-0.3, -0.25) is 4.79 Å². The van der Waals surface area contributed by atoms with Crippen LogP contribution in [0.15, 0.2) is 18.2 Å². The summed E-state index contributed by atoms with van der Waals surface area (Å²) in [6, 6.07) is 4.91. The zero-order valence-electron chi connectivity index (χ0n) is 15.7. The van der Waals surface area contributed by atoms with Gasteiger partial charge in [0.25, 0.3) is 0 Å². The minimum atomic E-state index is -0.611. The van der Waals surface area contributed by atoms with Crippen LogP contribution in [-0.4, -0.2) is 39.6 Å². The summed E-state index contributed by atoms with van der Waals surface area (Å²) in [5, 5.41) is 11.1. The third-order valence-corrected chi connectivity index (χ3v) is 4.79. The van der Waals surface area contributed by atoms with Crippen LogP contribution in [-0.2, 0) is 11.3 Å². The first kappa shape index (κ1) is 19.0. The van der Waals surface area contributed by atoms with Crippen molar-refractivity contribution in [2.45, 2.75) is 46.3 Å². The lowest BCUT2D eigenvalue weighted by molar-refractivity contribution is -0.390. The highest BCUT2D eigenvalue weighted by Crippen LogP contribution is 2.25. The number of ether oxygens (including phenoxy) is 2. The average Bonchev–Trinajstić information content (AvgIpc) is 3.24. The molecule has 3 heterocycles. The number of Topliss-reactive ketones (excluding diaryl/α,β-unsaturated/α-hetero) is 1. The molecule has 144 valence electrons. The van der Waals surface area contributed by atoms with E-state index in [1.165, 1.54) is 6.07 Å². The van der Waals surface area contributed by atoms with E-state index in [9.17, 15) is 14.9 Å². The van der Waals surface area contributed by atoms with Gasteiger partial charge in [0.15, 0.2) is 6.61 Å². The number of aryl methyl sites for hydroxylation is 2. The highest BCUT2D eigenvalue weighted by Gasteiger charge is 2.23. The zero-order valence-corrected chi connectivity index (χ0v) is 15.7. The Kier molecular flexibility index (Phi) is 5.55. The quantitative estimate of drug-likeness (QED) is 0.420. The maximum absolute atomic E-state index is 12.6. The number of hydrogen-bond acceptors (Lipinski definition) is 6. The van der Waals surface area contributed by atoms with Crippen molar-refractivity contribution in [1.29, 1.82) is 0 Å². The lowest BCUT2D eigenvalue weighted by Gasteiger charge is -2.14. The summed E-state index contributed by atoms with van der Waals surface area (Å²) >= 11 is 0. The van der Waals surface area contributed by atoms with Gasteiger partial charge in [-0.1, -0.05) is 0 Å². The van der Waals surface area contributed by atoms with Crippen LogP contribution in [0.1, 0.15) is 40.3 Å². The fourth-order valence-electron chi connectivity index (χ4n) is 3.35. The van der Waals surface area contributed by atoms with Gasteiger partial charge in [0.2, 0.25) is 11.5 Å². The molecule has 2 aromatic rings. The summed E-state index contributed by atoms with van der Waals surface area (Å²) in [5.74, 6) is -0.615. The average molecular weight is 373 g/mol. The molecule has 1 atom stereocenters. The van der Waals surface area contributed by atoms with Crippen LogP contribution in [0.5, 0.6) is 5.75 Å². The number of pyridine rings is 1. The highest BCUT2D eigenvalue weighted by molar-refractivity contribution is 5.98. The lowest BCUT2D eigenvalue weighted by Crippen LogP contribution is -2.18. The molecule has 1 saturated heterocycles. The summed E-state index contributed by atoms with van der Waals surface area (Å²) in [6.07, 6.45) is 2.26. The SMILES string of the molecule is Cc1ccc(OCC(=O)c2cc(C)n(C[C@H]3CCCO3)c2C)c([N+](=O)[O-])n1. The van der Waals surface area contributed by atoms with Crippen LogP contribution in [0.4, 0.5) is 5.82 Å². The van der Waals surface area contributed by atoms with Crippen LogP contribution in [0.25, 0.3) is 0 Å². The third-order valence-electron chi connectivity index (χ3n) is 4.79. The van der Waals surface area contributed by atoms with E-state index in [2.05, 4.69) is 9.55 Å². The number of carbonyl (C=O) groups is 1. The molecule has 27 heavy (non-hydrogen) atoms. The van der Waals surface area contributed by atoms with Gasteiger partial charge in [-0.05, 0) is 54.8 Å². The molecule has 0 unspecified atom stereocenters. The molecule has 0 aromatic carbocycles. The summed E-state index contributed by atoms with van der Waals surface area (Å²) in [7, 11) is 0. The Morgan fingerprint density at radius 2 is 2.19 bits per heavy atom. The van der Waals surface area contributed by atoms with Crippen LogP contribution in [0.2, 0.25) is 0 Å². The van der Waals surface area contributed by atoms with Crippen molar-refractivity contribution in [3.8, 4) is 5.75 Å². The van der Waals surface area contributed by atoms with Crippen molar-refractivity contribution < 1.29 is 19.2 Å². The lowest BCUT2D eigenvalue weighted by atomic mass is 10.1. The second kappa shape index (κ2) is 7.87. The highest BCUT2D eigenvalue weighted by atomic mass is 16.6. The number of hydrogen-bond donors (Lipinski definition) is 0. The van der Waals surface area contributed by atoms with Gasteiger partial charge in [-0.15, -0.1) is 0 Å². The van der Waals surface area contributed by atoms with Gasteiger partial charge in [-0.25, -0.2) is 0 Å². The molecule has 1 aliphatic heterocycles. The van der Waals surface area contributed by atoms with Crippen molar-refractivity contribution in [1.82, 2.24) is 9.55 Å². The van der Waals surface area contributed by atoms with E-state index in [4.69, 9.17) is 9.47 Å². The Labute approximate surface area is 157 Å². The van der Waals surface area contributed by atoms with Crippen molar-refractivity contribution in [2.75, 3.05) is 13.2 Å². The summed E-state index contributed by atoms with van der Waals surface area (Å²) in [6.45, 7) is 6.73. The molecule has 1 fully saturated rings. The van der Waals surface area contributed by atoms with Crippen LogP contribution in [0, 0.1) is 30.9 Å². The first-order valence-corrected chi connectivity index (χ1v) is 8.93. The van der Waals surface area contributed by atoms with Gasteiger partial charge in [-0.2, -0.15) is 0 Å². The maximum atomic E-state index is 12.6. The van der Waals surface area contributed by atoms with Gasteiger partial charge in [0, 0.05) is 37.0 Å². The number of ketones is 1. The minimum absolute atomic E-state index is 0.00730. The number of nitrogens with zero attached hydrogens (tertiary/aromatic N) is 3. The normalized spacial score (nSPS) is 16.5. The molecular weight excluding hydrogens is 350 g/mol. The summed E-state index contributed by atoms with van der Waals surface area (Å²) in [5.41, 5.74) is 2.91. The predicted molar refractivity (Wildman–Crippen MR) is 98.3 cm³/mol. The second-order valence-corrected chi connectivity index (χ2v) is 6.77. The fraction of sp³-hybridized carbons (Fsp3) is 0.474. The first-order valence-electron chi connectivity index (χ1n) is 8.93. The summed E-state index contributed by atoms with van der Waals surface area (Å²) < 4.78 is 13.2. The van der Waals surface area contributed by atoms with Crippen molar-refractivity contribution >= 4 is 11.6 Å². The van der Waals surface area contributed by atoms with E-state index in [0.717, 1.165) is 37.4 Å². The standard InChI is InChI=1S/C19H23N3O5/c1-12-6-7-18(19(20-12)22(24)25)27-11-17(23)16-9-13(2)21(14(16)3)10-15-5-4-8-26-15/h6-7,9,15H,4-5,8,10-11H2,1-3H3/t15-/m1/s1. The number of nitro groups is 1. The van der Waals surface area contributed by atoms with E-state index in [1.807, 2.05) is 19.9 Å². The molecule has 2 aromatic heterocycles. The van der Waals surface area contributed by atoms with Crippen molar-refractivity contribution in [3.63, 3.8) is 0 Å².